The number of carbonyl (C=O) groups excluding carboxylic acids is 3. The first-order valence-corrected chi connectivity index (χ1v) is 11.8. The first-order chi connectivity index (χ1) is 15.7. The average Bonchev–Trinajstić information content (AvgIpc) is 3.27. The molecule has 1 aromatic heterocycles. The van der Waals surface area contributed by atoms with Crippen molar-refractivity contribution in [1.82, 2.24) is 30.1 Å². The topological polar surface area (TPSA) is 130 Å². The predicted octanol–water partition coefficient (Wildman–Crippen LogP) is 0.983. The van der Waals surface area contributed by atoms with Crippen LogP contribution in [0.5, 0.6) is 0 Å². The SMILES string of the molecule is CNC(=O)[C@@H]1C[C@@H](O)CN1C(=O)[C@@H](n1cc(CC2CN(C(=O)OC(C)(C)C)C2)nn1)C(C)(C)C. The molecule has 3 amide bonds. The largest absolute Gasteiger partial charge is 0.444 e. The van der Waals surface area contributed by atoms with E-state index in [1.807, 2.05) is 41.5 Å². The van der Waals surface area contributed by atoms with Crippen molar-refractivity contribution in [2.75, 3.05) is 26.7 Å². The van der Waals surface area contributed by atoms with E-state index in [4.69, 9.17) is 4.74 Å². The molecule has 3 heterocycles. The van der Waals surface area contributed by atoms with Crippen LogP contribution < -0.4 is 5.32 Å². The summed E-state index contributed by atoms with van der Waals surface area (Å²) >= 11 is 0. The van der Waals surface area contributed by atoms with E-state index in [9.17, 15) is 19.5 Å². The van der Waals surface area contributed by atoms with Crippen molar-refractivity contribution in [3.8, 4) is 0 Å². The summed E-state index contributed by atoms with van der Waals surface area (Å²) in [6.45, 7) is 12.6. The fraction of sp³-hybridized carbons (Fsp3) is 0.783. The molecule has 3 rings (SSSR count). The first kappa shape index (κ1) is 25.9. The van der Waals surface area contributed by atoms with Crippen LogP contribution in [0.4, 0.5) is 4.79 Å². The van der Waals surface area contributed by atoms with Crippen molar-refractivity contribution in [3.63, 3.8) is 0 Å². The van der Waals surface area contributed by atoms with Crippen LogP contribution in [0.15, 0.2) is 6.20 Å². The lowest BCUT2D eigenvalue weighted by atomic mass is 9.85. The van der Waals surface area contributed by atoms with Gasteiger partial charge in [-0.1, -0.05) is 26.0 Å². The Labute approximate surface area is 200 Å². The van der Waals surface area contributed by atoms with E-state index in [0.717, 1.165) is 5.69 Å². The number of nitrogens with one attached hydrogen (secondary N) is 1. The van der Waals surface area contributed by atoms with Gasteiger partial charge in [0.1, 0.15) is 17.7 Å². The lowest BCUT2D eigenvalue weighted by molar-refractivity contribution is -0.144. The summed E-state index contributed by atoms with van der Waals surface area (Å²) in [7, 11) is 1.52. The van der Waals surface area contributed by atoms with Gasteiger partial charge in [-0.15, -0.1) is 5.10 Å². The van der Waals surface area contributed by atoms with Crippen LogP contribution in [0.3, 0.4) is 0 Å². The van der Waals surface area contributed by atoms with E-state index >= 15 is 0 Å². The van der Waals surface area contributed by atoms with Crippen LogP contribution in [0.25, 0.3) is 0 Å². The van der Waals surface area contributed by atoms with Gasteiger partial charge in [-0.05, 0) is 32.6 Å². The highest BCUT2D eigenvalue weighted by Gasteiger charge is 2.45. The maximum absolute atomic E-state index is 13.6. The lowest BCUT2D eigenvalue weighted by Gasteiger charge is -2.39. The van der Waals surface area contributed by atoms with E-state index in [-0.39, 0.29) is 36.8 Å². The molecule has 0 radical (unpaired) electrons. The number of β-amino-alcohol motifs (C(OH)–C–C–N with tert-alkyl or cyclic N) is 1. The van der Waals surface area contributed by atoms with Gasteiger partial charge in [0, 0.05) is 45.2 Å². The fourth-order valence-corrected chi connectivity index (χ4v) is 4.51. The van der Waals surface area contributed by atoms with Crippen molar-refractivity contribution >= 4 is 17.9 Å². The van der Waals surface area contributed by atoms with Crippen molar-refractivity contribution in [3.05, 3.63) is 11.9 Å². The molecule has 34 heavy (non-hydrogen) atoms. The molecule has 0 saturated carbocycles. The average molecular weight is 479 g/mol. The van der Waals surface area contributed by atoms with Crippen LogP contribution in [0, 0.1) is 11.3 Å². The molecular formula is C23H38N6O5. The molecule has 2 fully saturated rings. The molecule has 2 aliphatic heterocycles. The first-order valence-electron chi connectivity index (χ1n) is 11.8. The molecule has 11 heteroatoms. The Morgan fingerprint density at radius 2 is 1.82 bits per heavy atom. The minimum Gasteiger partial charge on any atom is -0.444 e. The van der Waals surface area contributed by atoms with E-state index < -0.39 is 29.2 Å². The van der Waals surface area contributed by atoms with Crippen LogP contribution in [-0.4, -0.2) is 92.2 Å². The molecule has 2 aliphatic rings. The highest BCUT2D eigenvalue weighted by Crippen LogP contribution is 2.34. The van der Waals surface area contributed by atoms with Gasteiger partial charge in [-0.25, -0.2) is 9.48 Å². The van der Waals surface area contributed by atoms with Gasteiger partial charge in [0.05, 0.1) is 11.8 Å². The van der Waals surface area contributed by atoms with E-state index in [2.05, 4.69) is 15.6 Å². The predicted molar refractivity (Wildman–Crippen MR) is 124 cm³/mol. The van der Waals surface area contributed by atoms with Gasteiger partial charge in [-0.3, -0.25) is 9.59 Å². The summed E-state index contributed by atoms with van der Waals surface area (Å²) in [4.78, 5) is 41.2. The second kappa shape index (κ2) is 9.52. The van der Waals surface area contributed by atoms with Crippen molar-refractivity contribution in [2.24, 2.45) is 11.3 Å². The van der Waals surface area contributed by atoms with Crippen LogP contribution in [0.1, 0.15) is 59.7 Å². The van der Waals surface area contributed by atoms with Gasteiger partial charge in [0.25, 0.3) is 0 Å². The normalized spacial score (nSPS) is 22.4. The van der Waals surface area contributed by atoms with Crippen LogP contribution in [0.2, 0.25) is 0 Å². The maximum atomic E-state index is 13.6. The van der Waals surface area contributed by atoms with Crippen LogP contribution in [-0.2, 0) is 20.7 Å². The number of ether oxygens (including phenoxy) is 1. The Morgan fingerprint density at radius 3 is 2.38 bits per heavy atom. The minimum absolute atomic E-state index is 0.105. The third-order valence-electron chi connectivity index (χ3n) is 6.09. The zero-order valence-electron chi connectivity index (χ0n) is 21.2. The van der Waals surface area contributed by atoms with Gasteiger partial charge in [0.15, 0.2) is 0 Å². The third kappa shape index (κ3) is 5.86. The number of carbonyl (C=O) groups is 3. The lowest BCUT2D eigenvalue weighted by Crippen LogP contribution is -2.52. The van der Waals surface area contributed by atoms with Crippen molar-refractivity contribution in [2.45, 2.75) is 78.2 Å². The summed E-state index contributed by atoms with van der Waals surface area (Å²) in [6.07, 6.45) is 1.55. The fourth-order valence-electron chi connectivity index (χ4n) is 4.51. The standard InChI is InChI=1S/C23H38N6O5/c1-22(2,3)18(20(32)28-13-16(30)9-17(28)19(31)24-7)29-12-15(25-26-29)8-14-10-27(11-14)21(33)34-23(4,5)6/h12,14,16-18,30H,8-11,13H2,1-7H3,(H,24,31)/t16-,17+,18-/m1/s1. The van der Waals surface area contributed by atoms with E-state index in [1.165, 1.54) is 11.9 Å². The van der Waals surface area contributed by atoms with E-state index in [0.29, 0.717) is 19.5 Å². The number of nitrogens with zero attached hydrogens (tertiary/aromatic N) is 5. The zero-order valence-corrected chi connectivity index (χ0v) is 21.2. The number of rotatable bonds is 5. The molecule has 0 unspecified atom stereocenters. The Kier molecular flexibility index (Phi) is 7.26. The number of aromatic nitrogens is 3. The summed E-state index contributed by atoms with van der Waals surface area (Å²) in [5.74, 6) is -0.321. The Bertz CT molecular complexity index is 912. The third-order valence-corrected chi connectivity index (χ3v) is 6.09. The zero-order chi connectivity index (χ0) is 25.4. The van der Waals surface area contributed by atoms with Gasteiger partial charge in [-0.2, -0.15) is 0 Å². The number of amides is 3. The number of hydrogen-bond donors (Lipinski definition) is 2. The highest BCUT2D eigenvalue weighted by atomic mass is 16.6. The quantitative estimate of drug-likeness (QED) is 0.645. The number of likely N-dealkylation sites (N-methyl/N-ethyl adjacent to an activating group) is 1. The number of aliphatic hydroxyl groups is 1. The Morgan fingerprint density at radius 1 is 1.18 bits per heavy atom. The van der Waals surface area contributed by atoms with E-state index in [1.54, 1.807) is 15.8 Å². The maximum Gasteiger partial charge on any atom is 0.410 e. The molecule has 190 valence electrons. The van der Waals surface area contributed by atoms with Crippen molar-refractivity contribution < 1.29 is 24.2 Å². The molecule has 0 aliphatic carbocycles. The monoisotopic (exact) mass is 478 g/mol. The Hall–Kier alpha value is -2.69. The number of hydrogen-bond acceptors (Lipinski definition) is 7. The Balaban J connectivity index is 1.68. The van der Waals surface area contributed by atoms with Crippen LogP contribution >= 0.6 is 0 Å². The smallest absolute Gasteiger partial charge is 0.410 e. The molecule has 3 atom stereocenters. The molecule has 1 aromatic rings. The molecule has 11 nitrogen and oxygen atoms in total. The highest BCUT2D eigenvalue weighted by molar-refractivity contribution is 5.90. The molecule has 0 bridgehead atoms. The minimum atomic E-state index is -0.746. The van der Waals surface area contributed by atoms with Gasteiger partial charge in [0.2, 0.25) is 11.8 Å². The molecule has 0 spiro atoms. The van der Waals surface area contributed by atoms with Gasteiger partial charge < -0.3 is 25.0 Å². The summed E-state index contributed by atoms with van der Waals surface area (Å²) < 4.78 is 6.96. The second-order valence-corrected chi connectivity index (χ2v) is 11.4. The van der Waals surface area contributed by atoms with Gasteiger partial charge >= 0.3 is 6.09 Å². The second-order valence-electron chi connectivity index (χ2n) is 11.4. The van der Waals surface area contributed by atoms with Crippen molar-refractivity contribution in [1.29, 1.82) is 0 Å². The molecule has 2 saturated heterocycles. The molecular weight excluding hydrogens is 440 g/mol. The number of aliphatic hydroxyl groups excluding tert-OH is 1. The summed E-state index contributed by atoms with van der Waals surface area (Å²) in [5.41, 5.74) is -0.297. The molecule has 2 N–H and O–H groups in total. The number of likely N-dealkylation sites (tertiary alicyclic amines) is 2. The summed E-state index contributed by atoms with van der Waals surface area (Å²) in [5, 5.41) is 21.2. The summed E-state index contributed by atoms with van der Waals surface area (Å²) in [6, 6.07) is -1.40. The molecule has 0 aromatic carbocycles.